The summed E-state index contributed by atoms with van der Waals surface area (Å²) in [5.74, 6) is 11.5. The lowest BCUT2D eigenvalue weighted by atomic mass is 10.0. The van der Waals surface area contributed by atoms with Gasteiger partial charge in [-0.3, -0.25) is 4.72 Å². The molecule has 1 unspecified atom stereocenters. The van der Waals surface area contributed by atoms with Crippen LogP contribution >= 0.6 is 20.7 Å². The Morgan fingerprint density at radius 1 is 1.12 bits per heavy atom. The summed E-state index contributed by atoms with van der Waals surface area (Å²) in [6, 6.07) is 11.2. The van der Waals surface area contributed by atoms with Crippen LogP contribution in [-0.4, -0.2) is 46.2 Å². The standard InChI is InChI=1S/C32H40N6S2/c1-20-11-8-9-16-37(20)29-13-10-12-28(35-29)36-32-34-21(2)31(39-32)25-17-26-19-38(22(3)24-14-15-24)23(4)30(26)27(18-25)40(6,7)33-5/h10,12-13,17-18,22,24,33H,1,4,6-9,11,14-16,19H2,2-3,5H3,(H,34,35,36). The Hall–Kier alpha value is -3.07. The maximum atomic E-state index is 4.90. The molecule has 2 N–H and O–H groups in total. The third-order valence-corrected chi connectivity index (χ3v) is 11.6. The number of nitrogens with one attached hydrogen (secondary N) is 2. The summed E-state index contributed by atoms with van der Waals surface area (Å²) in [5.41, 5.74) is 6.95. The maximum Gasteiger partial charge on any atom is 0.189 e. The van der Waals surface area contributed by atoms with Gasteiger partial charge in [0, 0.05) is 41.0 Å². The number of allylic oxidation sites excluding steroid dienone is 1. The molecular weight excluding hydrogens is 533 g/mol. The molecule has 2 aromatic heterocycles. The van der Waals surface area contributed by atoms with Crippen molar-refractivity contribution in [2.24, 2.45) is 5.92 Å². The van der Waals surface area contributed by atoms with Crippen molar-refractivity contribution in [2.45, 2.75) is 63.4 Å². The van der Waals surface area contributed by atoms with E-state index in [2.05, 4.69) is 76.8 Å². The molecule has 1 aliphatic carbocycles. The van der Waals surface area contributed by atoms with Crippen LogP contribution in [0.2, 0.25) is 0 Å². The van der Waals surface area contributed by atoms with Gasteiger partial charge in [0.25, 0.3) is 0 Å². The van der Waals surface area contributed by atoms with Crippen molar-refractivity contribution in [1.82, 2.24) is 19.6 Å². The monoisotopic (exact) mass is 572 g/mol. The molecule has 1 saturated heterocycles. The van der Waals surface area contributed by atoms with Gasteiger partial charge in [-0.15, -0.1) is 9.39 Å². The molecule has 0 radical (unpaired) electrons. The molecule has 4 heterocycles. The summed E-state index contributed by atoms with van der Waals surface area (Å²) in [4.78, 5) is 16.8. The second kappa shape index (κ2) is 10.4. The van der Waals surface area contributed by atoms with E-state index in [0.717, 1.165) is 81.0 Å². The van der Waals surface area contributed by atoms with Crippen LogP contribution in [0.15, 0.2) is 54.1 Å². The fraction of sp³-hybridized carbons (Fsp3) is 0.375. The predicted molar refractivity (Wildman–Crippen MR) is 176 cm³/mol. The van der Waals surface area contributed by atoms with E-state index in [1.54, 1.807) is 11.3 Å². The van der Waals surface area contributed by atoms with E-state index in [1.807, 2.05) is 19.2 Å². The molecule has 3 aromatic rings. The van der Waals surface area contributed by atoms with Crippen molar-refractivity contribution >= 4 is 54.9 Å². The van der Waals surface area contributed by atoms with Gasteiger partial charge in [-0.25, -0.2) is 9.97 Å². The molecule has 1 atom stereocenters. The molecule has 2 fully saturated rings. The van der Waals surface area contributed by atoms with Crippen LogP contribution in [0.25, 0.3) is 16.1 Å². The fourth-order valence-corrected chi connectivity index (χ4v) is 8.13. The number of piperidine rings is 1. The topological polar surface area (TPSA) is 56.3 Å². The van der Waals surface area contributed by atoms with Gasteiger partial charge >= 0.3 is 0 Å². The third-order valence-electron chi connectivity index (χ3n) is 8.55. The molecule has 40 heavy (non-hydrogen) atoms. The highest BCUT2D eigenvalue weighted by molar-refractivity contribution is 8.26. The first-order chi connectivity index (χ1) is 19.2. The van der Waals surface area contributed by atoms with Gasteiger partial charge < -0.3 is 15.1 Å². The van der Waals surface area contributed by atoms with Crippen LogP contribution in [-0.2, 0) is 6.54 Å². The minimum atomic E-state index is -1.71. The number of pyridine rings is 1. The van der Waals surface area contributed by atoms with Gasteiger partial charge in [0.05, 0.1) is 10.6 Å². The van der Waals surface area contributed by atoms with Gasteiger partial charge in [0.1, 0.15) is 11.6 Å². The van der Waals surface area contributed by atoms with Crippen molar-refractivity contribution in [2.75, 3.05) is 23.8 Å². The second-order valence-electron chi connectivity index (χ2n) is 11.4. The van der Waals surface area contributed by atoms with Crippen molar-refractivity contribution in [3.05, 3.63) is 66.0 Å². The number of hydrogen-bond acceptors (Lipinski definition) is 7. The van der Waals surface area contributed by atoms with E-state index in [1.165, 1.54) is 30.4 Å². The predicted octanol–water partition coefficient (Wildman–Crippen LogP) is 7.51. The Morgan fingerprint density at radius 2 is 1.93 bits per heavy atom. The summed E-state index contributed by atoms with van der Waals surface area (Å²) in [6.07, 6.45) is 6.02. The molecule has 6 nitrogen and oxygen atoms in total. The van der Waals surface area contributed by atoms with Crippen molar-refractivity contribution < 1.29 is 0 Å². The number of fused-ring (bicyclic) bond motifs is 1. The van der Waals surface area contributed by atoms with Gasteiger partial charge in [-0.2, -0.15) is 0 Å². The van der Waals surface area contributed by atoms with Crippen LogP contribution in [0.4, 0.5) is 16.8 Å². The molecule has 0 amide bonds. The Bertz CT molecular complexity index is 1600. The summed E-state index contributed by atoms with van der Waals surface area (Å²) in [5, 5.41) is 4.31. The number of nitrogens with zero attached hydrogens (tertiary/aromatic N) is 4. The highest BCUT2D eigenvalue weighted by Gasteiger charge is 2.37. The number of benzene rings is 1. The second-order valence-corrected chi connectivity index (χ2v) is 15.0. The summed E-state index contributed by atoms with van der Waals surface area (Å²) < 4.78 is 3.41. The number of hydrogen-bond donors (Lipinski definition) is 2. The average molecular weight is 573 g/mol. The molecule has 0 bridgehead atoms. The van der Waals surface area contributed by atoms with E-state index >= 15 is 0 Å². The van der Waals surface area contributed by atoms with Crippen molar-refractivity contribution in [1.29, 1.82) is 0 Å². The molecule has 3 aliphatic rings. The van der Waals surface area contributed by atoms with E-state index in [-0.39, 0.29) is 0 Å². The first-order valence-electron chi connectivity index (χ1n) is 14.1. The van der Waals surface area contributed by atoms with Crippen molar-refractivity contribution in [3.63, 3.8) is 0 Å². The molecule has 6 rings (SSSR count). The molecule has 210 valence electrons. The minimum Gasteiger partial charge on any atom is -0.364 e. The zero-order chi connectivity index (χ0) is 28.2. The molecule has 0 spiro atoms. The number of anilines is 3. The smallest absolute Gasteiger partial charge is 0.189 e. The number of aromatic nitrogens is 2. The van der Waals surface area contributed by atoms with Crippen molar-refractivity contribution in [3.8, 4) is 10.4 Å². The molecular formula is C32H40N6S2. The first-order valence-corrected chi connectivity index (χ1v) is 16.9. The third kappa shape index (κ3) is 4.97. The normalized spacial score (nSPS) is 18.3. The Morgan fingerprint density at radius 3 is 2.65 bits per heavy atom. The van der Waals surface area contributed by atoms with E-state index in [9.17, 15) is 0 Å². The summed E-state index contributed by atoms with van der Waals surface area (Å²) in [6.45, 7) is 15.1. The first kappa shape index (κ1) is 27.1. The number of aryl methyl sites for hydroxylation is 1. The van der Waals surface area contributed by atoms with Crippen LogP contribution < -0.4 is 14.9 Å². The van der Waals surface area contributed by atoms with E-state index in [0.29, 0.717) is 6.04 Å². The SMILES string of the molecule is C=C1CCCCN1c1cccc(Nc2nc(C)c(-c3cc4c(c(S(=C)(=C)NC)c3)C(=C)N(C(C)C3CC3)C4)s2)n1. The molecule has 1 saturated carbocycles. The zero-order valence-electron chi connectivity index (χ0n) is 23.9. The molecule has 1 aromatic carbocycles. The minimum absolute atomic E-state index is 0.496. The van der Waals surface area contributed by atoms with E-state index < -0.39 is 9.39 Å². The Kier molecular flexibility index (Phi) is 7.05. The van der Waals surface area contributed by atoms with Crippen LogP contribution in [0.3, 0.4) is 0 Å². The lowest BCUT2D eigenvalue weighted by molar-refractivity contribution is 0.290. The van der Waals surface area contributed by atoms with E-state index in [4.69, 9.17) is 9.97 Å². The average Bonchev–Trinajstić information content (AvgIpc) is 3.66. The zero-order valence-corrected chi connectivity index (χ0v) is 25.6. The van der Waals surface area contributed by atoms with Gasteiger partial charge in [-0.05, 0) is 94.3 Å². The van der Waals surface area contributed by atoms with Gasteiger partial charge in [-0.1, -0.05) is 42.3 Å². The highest BCUT2D eigenvalue weighted by Crippen LogP contribution is 2.48. The Balaban J connectivity index is 1.33. The molecule has 2 aliphatic heterocycles. The number of rotatable bonds is 8. The van der Waals surface area contributed by atoms with Crippen LogP contribution in [0.1, 0.15) is 55.8 Å². The fourth-order valence-electron chi connectivity index (χ4n) is 5.96. The van der Waals surface area contributed by atoms with Gasteiger partial charge in [0.15, 0.2) is 5.13 Å². The highest BCUT2D eigenvalue weighted by atomic mass is 32.2. The maximum absolute atomic E-state index is 4.90. The quantitative estimate of drug-likeness (QED) is 0.273. The van der Waals surface area contributed by atoms with Crippen LogP contribution in [0.5, 0.6) is 0 Å². The summed E-state index contributed by atoms with van der Waals surface area (Å²) >= 11 is 1.66. The van der Waals surface area contributed by atoms with Gasteiger partial charge in [0.2, 0.25) is 0 Å². The Labute approximate surface area is 243 Å². The lowest BCUT2D eigenvalue weighted by Gasteiger charge is -2.30. The number of thiazole rings is 1. The van der Waals surface area contributed by atoms with Crippen LogP contribution in [0, 0.1) is 12.8 Å². The largest absolute Gasteiger partial charge is 0.364 e. The molecule has 8 heteroatoms. The summed E-state index contributed by atoms with van der Waals surface area (Å²) in [7, 11) is 0.249. The lowest BCUT2D eigenvalue weighted by Crippen LogP contribution is -2.28.